The van der Waals surface area contributed by atoms with Crippen LogP contribution in [0.4, 0.5) is 0 Å². The van der Waals surface area contributed by atoms with Crippen molar-refractivity contribution in [3.05, 3.63) is 49.1 Å². The van der Waals surface area contributed by atoms with Crippen LogP contribution in [0.15, 0.2) is 36.4 Å². The van der Waals surface area contributed by atoms with E-state index >= 15 is 0 Å². The molecule has 0 unspecified atom stereocenters. The maximum atomic E-state index is 12.9. The van der Waals surface area contributed by atoms with Gasteiger partial charge in [0, 0.05) is 31.0 Å². The van der Waals surface area contributed by atoms with Crippen molar-refractivity contribution in [1.82, 2.24) is 15.6 Å². The minimum atomic E-state index is -0.0469. The van der Waals surface area contributed by atoms with Gasteiger partial charge in [0.15, 0.2) is 0 Å². The number of likely N-dealkylation sites (N-methyl/N-ethyl adjacent to an activating group) is 1. The molecular weight excluding hydrogens is 528 g/mol. The van der Waals surface area contributed by atoms with Gasteiger partial charge in [-0.15, -0.1) is 0 Å². The van der Waals surface area contributed by atoms with Crippen LogP contribution in [-0.2, 0) is 0 Å². The fourth-order valence-electron chi connectivity index (χ4n) is 2.66. The number of nitrogens with zero attached hydrogens (tertiary/aromatic N) is 1. The smallest absolute Gasteiger partial charge is 0.252 e. The van der Waals surface area contributed by atoms with Gasteiger partial charge in [-0.3, -0.25) is 4.79 Å². The molecule has 1 aromatic heterocycles. The summed E-state index contributed by atoms with van der Waals surface area (Å²) in [6.07, 6.45) is 0. The largest absolute Gasteiger partial charge is 0.351 e. The van der Waals surface area contributed by atoms with Gasteiger partial charge in [0.2, 0.25) is 0 Å². The number of rotatable bonds is 5. The summed E-state index contributed by atoms with van der Waals surface area (Å²) in [7, 11) is 0. The highest BCUT2D eigenvalue weighted by molar-refractivity contribution is 14.1. The summed E-state index contributed by atoms with van der Waals surface area (Å²) in [6.45, 7) is 4.31. The summed E-state index contributed by atoms with van der Waals surface area (Å²) >= 11 is 4.53. The van der Waals surface area contributed by atoms with Gasteiger partial charge in [-0.05, 0) is 88.1 Å². The molecule has 0 aliphatic carbocycles. The van der Waals surface area contributed by atoms with Crippen LogP contribution >= 0.6 is 45.2 Å². The third-order valence-electron chi connectivity index (χ3n) is 3.76. The molecule has 2 N–H and O–H groups in total. The number of hydrogen-bond donors (Lipinski definition) is 2. The lowest BCUT2D eigenvalue weighted by molar-refractivity contribution is 0.0957. The second-order valence-electron chi connectivity index (χ2n) is 5.42. The Balaban J connectivity index is 2.14. The Labute approximate surface area is 168 Å². The fraction of sp³-hybridized carbons (Fsp3) is 0.222. The third kappa shape index (κ3) is 3.80. The van der Waals surface area contributed by atoms with E-state index in [0.29, 0.717) is 12.1 Å². The standard InChI is InChI=1S/C18H17I2N3O/c1-2-21-7-8-22-18(24)17-13-9-11(19)3-5-15(13)23-16-6-4-12(20)10-14(16)17/h3-6,9-10,21H,2,7-8H2,1H3,(H,22,24). The highest BCUT2D eigenvalue weighted by Crippen LogP contribution is 2.28. The quantitative estimate of drug-likeness (QED) is 0.291. The maximum Gasteiger partial charge on any atom is 0.252 e. The number of aromatic nitrogens is 1. The molecule has 0 fully saturated rings. The van der Waals surface area contributed by atoms with Crippen molar-refractivity contribution >= 4 is 72.9 Å². The predicted octanol–water partition coefficient (Wildman–Crippen LogP) is 3.94. The van der Waals surface area contributed by atoms with Crippen LogP contribution in [-0.4, -0.2) is 30.5 Å². The first-order valence-electron chi connectivity index (χ1n) is 7.77. The van der Waals surface area contributed by atoms with Crippen molar-refractivity contribution in [2.75, 3.05) is 19.6 Å². The summed E-state index contributed by atoms with van der Waals surface area (Å²) in [5, 5.41) is 8.04. The van der Waals surface area contributed by atoms with Gasteiger partial charge in [-0.25, -0.2) is 4.98 Å². The zero-order valence-electron chi connectivity index (χ0n) is 13.2. The van der Waals surface area contributed by atoms with Gasteiger partial charge >= 0.3 is 0 Å². The Morgan fingerprint density at radius 3 is 2.12 bits per heavy atom. The van der Waals surface area contributed by atoms with E-state index in [1.807, 2.05) is 36.4 Å². The van der Waals surface area contributed by atoms with Crippen molar-refractivity contribution in [2.24, 2.45) is 0 Å². The highest BCUT2D eigenvalue weighted by atomic mass is 127. The molecule has 3 aromatic rings. The lowest BCUT2D eigenvalue weighted by Crippen LogP contribution is -2.32. The van der Waals surface area contributed by atoms with Crippen molar-refractivity contribution in [3.8, 4) is 0 Å². The van der Waals surface area contributed by atoms with E-state index in [2.05, 4.69) is 62.7 Å². The molecule has 124 valence electrons. The molecule has 0 saturated carbocycles. The minimum Gasteiger partial charge on any atom is -0.351 e. The molecule has 6 heteroatoms. The molecule has 0 spiro atoms. The zero-order chi connectivity index (χ0) is 17.1. The predicted molar refractivity (Wildman–Crippen MR) is 116 cm³/mol. The first kappa shape index (κ1) is 17.8. The maximum absolute atomic E-state index is 12.9. The Morgan fingerprint density at radius 1 is 1.00 bits per heavy atom. The number of hydrogen-bond acceptors (Lipinski definition) is 3. The number of benzene rings is 2. The summed E-state index contributed by atoms with van der Waals surface area (Å²) in [5.74, 6) is -0.0469. The van der Waals surface area contributed by atoms with E-state index in [4.69, 9.17) is 4.98 Å². The van der Waals surface area contributed by atoms with E-state index in [1.54, 1.807) is 0 Å². The van der Waals surface area contributed by atoms with Gasteiger partial charge in [-0.2, -0.15) is 0 Å². The molecule has 4 nitrogen and oxygen atoms in total. The number of carbonyl (C=O) groups is 1. The van der Waals surface area contributed by atoms with Gasteiger partial charge < -0.3 is 10.6 Å². The van der Waals surface area contributed by atoms with E-state index < -0.39 is 0 Å². The third-order valence-corrected chi connectivity index (χ3v) is 5.10. The molecular formula is C18H17I2N3O. The number of carbonyl (C=O) groups excluding carboxylic acids is 1. The monoisotopic (exact) mass is 545 g/mol. The Kier molecular flexibility index (Phi) is 5.88. The summed E-state index contributed by atoms with van der Waals surface area (Å²) < 4.78 is 2.18. The van der Waals surface area contributed by atoms with Crippen molar-refractivity contribution in [2.45, 2.75) is 6.92 Å². The van der Waals surface area contributed by atoms with Crippen molar-refractivity contribution < 1.29 is 4.79 Å². The van der Waals surface area contributed by atoms with Crippen LogP contribution in [0.2, 0.25) is 0 Å². The second kappa shape index (κ2) is 7.92. The van der Waals surface area contributed by atoms with E-state index in [0.717, 1.165) is 42.0 Å². The van der Waals surface area contributed by atoms with Crippen LogP contribution in [0.1, 0.15) is 17.3 Å². The SMILES string of the molecule is CCNCCNC(=O)c1c2cc(I)ccc2nc2ccc(I)cc12. The van der Waals surface area contributed by atoms with E-state index in [-0.39, 0.29) is 5.91 Å². The summed E-state index contributed by atoms with van der Waals surface area (Å²) in [4.78, 5) is 17.6. The number of halogens is 2. The van der Waals surface area contributed by atoms with Gasteiger partial charge in [0.1, 0.15) is 0 Å². The number of amides is 1. The van der Waals surface area contributed by atoms with Gasteiger partial charge in [-0.1, -0.05) is 6.92 Å². The lowest BCUT2D eigenvalue weighted by atomic mass is 10.0. The molecule has 0 saturated heterocycles. The minimum absolute atomic E-state index is 0.0469. The molecule has 0 aliphatic rings. The summed E-state index contributed by atoms with van der Waals surface area (Å²) in [5.41, 5.74) is 2.41. The topological polar surface area (TPSA) is 54.0 Å². The van der Waals surface area contributed by atoms with Crippen LogP contribution in [0, 0.1) is 7.14 Å². The van der Waals surface area contributed by atoms with Crippen molar-refractivity contribution in [3.63, 3.8) is 0 Å². The zero-order valence-corrected chi connectivity index (χ0v) is 17.5. The molecule has 3 rings (SSSR count). The average Bonchev–Trinajstić information content (AvgIpc) is 2.56. The average molecular weight is 545 g/mol. The molecule has 0 bridgehead atoms. The highest BCUT2D eigenvalue weighted by Gasteiger charge is 2.16. The van der Waals surface area contributed by atoms with Gasteiger partial charge in [0.25, 0.3) is 5.91 Å². The Bertz CT molecular complexity index is 852. The van der Waals surface area contributed by atoms with E-state index in [1.165, 1.54) is 0 Å². The summed E-state index contributed by atoms with van der Waals surface area (Å²) in [6, 6.07) is 12.0. The van der Waals surface area contributed by atoms with Crippen molar-refractivity contribution in [1.29, 1.82) is 0 Å². The normalized spacial score (nSPS) is 11.1. The number of fused-ring (bicyclic) bond motifs is 2. The van der Waals surface area contributed by atoms with Gasteiger partial charge in [0.05, 0.1) is 16.6 Å². The Morgan fingerprint density at radius 2 is 1.58 bits per heavy atom. The molecule has 0 atom stereocenters. The van der Waals surface area contributed by atoms with Crippen LogP contribution in [0.5, 0.6) is 0 Å². The molecule has 0 aliphatic heterocycles. The molecule has 1 amide bonds. The van der Waals surface area contributed by atoms with Crippen LogP contribution in [0.25, 0.3) is 21.8 Å². The fourth-order valence-corrected chi connectivity index (χ4v) is 3.64. The lowest BCUT2D eigenvalue weighted by Gasteiger charge is -2.12. The second-order valence-corrected chi connectivity index (χ2v) is 7.91. The molecule has 0 radical (unpaired) electrons. The van der Waals surface area contributed by atoms with Crippen LogP contribution < -0.4 is 10.6 Å². The first-order valence-corrected chi connectivity index (χ1v) is 9.93. The molecule has 24 heavy (non-hydrogen) atoms. The Hall–Kier alpha value is -1.000. The molecule has 1 heterocycles. The molecule has 2 aromatic carbocycles. The van der Waals surface area contributed by atoms with Crippen LogP contribution in [0.3, 0.4) is 0 Å². The number of nitrogens with one attached hydrogen (secondary N) is 2. The number of pyridine rings is 1. The van der Waals surface area contributed by atoms with E-state index in [9.17, 15) is 4.79 Å². The first-order chi connectivity index (χ1) is 11.6.